The maximum atomic E-state index is 4.90. The molecule has 134 valence electrons. The summed E-state index contributed by atoms with van der Waals surface area (Å²) < 4.78 is 4.90. The standard InChI is InChI=1S/C19H27N5O/c1-16-3-5-17(6-4-16)7-9-21-19(20-2)24-12-10-23(11-13-24)15-18-8-14-25-22-18/h3-6,8,14H,7,9-13,15H2,1-2H3,(H,20,21). The second-order valence-electron chi connectivity index (χ2n) is 6.46. The van der Waals surface area contributed by atoms with Crippen molar-refractivity contribution in [3.05, 3.63) is 53.4 Å². The van der Waals surface area contributed by atoms with Crippen molar-refractivity contribution in [3.8, 4) is 0 Å². The van der Waals surface area contributed by atoms with E-state index >= 15 is 0 Å². The van der Waals surface area contributed by atoms with Crippen LogP contribution in [0.4, 0.5) is 0 Å². The summed E-state index contributed by atoms with van der Waals surface area (Å²) in [6.07, 6.45) is 2.64. The summed E-state index contributed by atoms with van der Waals surface area (Å²) >= 11 is 0. The van der Waals surface area contributed by atoms with E-state index in [0.29, 0.717) is 0 Å². The zero-order chi connectivity index (χ0) is 17.5. The van der Waals surface area contributed by atoms with Crippen LogP contribution in [0.2, 0.25) is 0 Å². The smallest absolute Gasteiger partial charge is 0.193 e. The lowest BCUT2D eigenvalue weighted by Crippen LogP contribution is -2.52. The largest absolute Gasteiger partial charge is 0.364 e. The molecule has 1 fully saturated rings. The highest BCUT2D eigenvalue weighted by Gasteiger charge is 2.20. The molecule has 0 amide bonds. The van der Waals surface area contributed by atoms with Gasteiger partial charge in [0, 0.05) is 52.4 Å². The molecule has 1 aromatic heterocycles. The Morgan fingerprint density at radius 1 is 1.16 bits per heavy atom. The van der Waals surface area contributed by atoms with Gasteiger partial charge in [-0.15, -0.1) is 0 Å². The highest BCUT2D eigenvalue weighted by Crippen LogP contribution is 2.07. The van der Waals surface area contributed by atoms with Gasteiger partial charge in [-0.3, -0.25) is 9.89 Å². The van der Waals surface area contributed by atoms with Crippen LogP contribution in [0.5, 0.6) is 0 Å². The molecule has 2 heterocycles. The molecule has 0 saturated carbocycles. The van der Waals surface area contributed by atoms with Crippen LogP contribution in [-0.4, -0.2) is 60.7 Å². The molecule has 1 aromatic carbocycles. The Kier molecular flexibility index (Phi) is 6.06. The third kappa shape index (κ3) is 5.06. The third-order valence-electron chi connectivity index (χ3n) is 4.58. The molecule has 0 unspecified atom stereocenters. The summed E-state index contributed by atoms with van der Waals surface area (Å²) in [6.45, 7) is 7.83. The summed E-state index contributed by atoms with van der Waals surface area (Å²) in [4.78, 5) is 9.17. The van der Waals surface area contributed by atoms with E-state index in [2.05, 4.69) is 56.5 Å². The number of nitrogens with zero attached hydrogens (tertiary/aromatic N) is 4. The zero-order valence-corrected chi connectivity index (χ0v) is 15.1. The molecule has 1 aliphatic heterocycles. The molecule has 2 aromatic rings. The summed E-state index contributed by atoms with van der Waals surface area (Å²) in [5.74, 6) is 0.994. The molecule has 6 heteroatoms. The monoisotopic (exact) mass is 341 g/mol. The molecule has 0 atom stereocenters. The van der Waals surface area contributed by atoms with Crippen LogP contribution in [0.15, 0.2) is 46.1 Å². The first-order valence-corrected chi connectivity index (χ1v) is 8.87. The average Bonchev–Trinajstić information content (AvgIpc) is 3.14. The van der Waals surface area contributed by atoms with Crippen molar-refractivity contribution in [3.63, 3.8) is 0 Å². The third-order valence-corrected chi connectivity index (χ3v) is 4.58. The van der Waals surface area contributed by atoms with Gasteiger partial charge in [-0.1, -0.05) is 35.0 Å². The average molecular weight is 341 g/mol. The van der Waals surface area contributed by atoms with E-state index < -0.39 is 0 Å². The summed E-state index contributed by atoms with van der Waals surface area (Å²) in [5, 5.41) is 7.48. The van der Waals surface area contributed by atoms with Gasteiger partial charge in [0.1, 0.15) is 6.26 Å². The van der Waals surface area contributed by atoms with Crippen molar-refractivity contribution >= 4 is 5.96 Å². The molecule has 25 heavy (non-hydrogen) atoms. The van der Waals surface area contributed by atoms with Crippen LogP contribution in [0.1, 0.15) is 16.8 Å². The lowest BCUT2D eigenvalue weighted by atomic mass is 10.1. The van der Waals surface area contributed by atoms with Crippen molar-refractivity contribution in [2.24, 2.45) is 4.99 Å². The SMILES string of the molecule is CN=C(NCCc1ccc(C)cc1)N1CCN(Cc2ccon2)CC1. The molecular weight excluding hydrogens is 314 g/mol. The van der Waals surface area contributed by atoms with Gasteiger partial charge >= 0.3 is 0 Å². The van der Waals surface area contributed by atoms with Gasteiger partial charge < -0.3 is 14.7 Å². The van der Waals surface area contributed by atoms with E-state index in [1.54, 1.807) is 6.26 Å². The van der Waals surface area contributed by atoms with Crippen molar-refractivity contribution in [2.45, 2.75) is 19.9 Å². The number of hydrogen-bond acceptors (Lipinski definition) is 4. The number of piperazine rings is 1. The fourth-order valence-corrected chi connectivity index (χ4v) is 3.07. The van der Waals surface area contributed by atoms with Gasteiger partial charge in [0.05, 0.1) is 5.69 Å². The summed E-state index contributed by atoms with van der Waals surface area (Å²) in [6, 6.07) is 10.7. The van der Waals surface area contributed by atoms with Crippen LogP contribution in [0, 0.1) is 6.92 Å². The molecule has 1 N–H and O–H groups in total. The Balaban J connectivity index is 1.42. The molecule has 1 aliphatic rings. The molecule has 0 radical (unpaired) electrons. The van der Waals surface area contributed by atoms with Crippen LogP contribution < -0.4 is 5.32 Å². The van der Waals surface area contributed by atoms with Gasteiger partial charge in [-0.05, 0) is 18.9 Å². The van der Waals surface area contributed by atoms with Crippen LogP contribution >= 0.6 is 0 Å². The maximum absolute atomic E-state index is 4.90. The summed E-state index contributed by atoms with van der Waals surface area (Å²) in [5.41, 5.74) is 3.65. The van der Waals surface area contributed by atoms with E-state index in [9.17, 15) is 0 Å². The normalized spacial score (nSPS) is 16.2. The number of aliphatic imine (C=N–C) groups is 1. The molecule has 0 aliphatic carbocycles. The molecule has 6 nitrogen and oxygen atoms in total. The van der Waals surface area contributed by atoms with E-state index in [1.165, 1.54) is 11.1 Å². The minimum absolute atomic E-state index is 0.851. The van der Waals surface area contributed by atoms with Crippen molar-refractivity contribution < 1.29 is 4.52 Å². The van der Waals surface area contributed by atoms with Crippen LogP contribution in [0.25, 0.3) is 0 Å². The number of guanidine groups is 1. The lowest BCUT2D eigenvalue weighted by Gasteiger charge is -2.36. The Hall–Kier alpha value is -2.34. The second-order valence-corrected chi connectivity index (χ2v) is 6.46. The van der Waals surface area contributed by atoms with E-state index in [0.717, 1.165) is 57.3 Å². The van der Waals surface area contributed by atoms with E-state index in [1.807, 2.05) is 13.1 Å². The van der Waals surface area contributed by atoms with Gasteiger partial charge in [0.2, 0.25) is 0 Å². The van der Waals surface area contributed by atoms with Gasteiger partial charge in [-0.2, -0.15) is 0 Å². The predicted octanol–water partition coefficient (Wildman–Crippen LogP) is 1.92. The van der Waals surface area contributed by atoms with Gasteiger partial charge in [-0.25, -0.2) is 0 Å². The lowest BCUT2D eigenvalue weighted by molar-refractivity contribution is 0.169. The minimum Gasteiger partial charge on any atom is -0.364 e. The maximum Gasteiger partial charge on any atom is 0.193 e. The molecule has 1 saturated heterocycles. The summed E-state index contributed by atoms with van der Waals surface area (Å²) in [7, 11) is 1.86. The molecule has 0 bridgehead atoms. The van der Waals surface area contributed by atoms with Crippen LogP contribution in [-0.2, 0) is 13.0 Å². The first-order valence-electron chi connectivity index (χ1n) is 8.87. The number of aromatic nitrogens is 1. The van der Waals surface area contributed by atoms with E-state index in [4.69, 9.17) is 4.52 Å². The second kappa shape index (κ2) is 8.67. The van der Waals surface area contributed by atoms with Crippen molar-refractivity contribution in [1.82, 2.24) is 20.3 Å². The number of aryl methyl sites for hydroxylation is 1. The highest BCUT2D eigenvalue weighted by molar-refractivity contribution is 5.80. The molecular formula is C19H27N5O. The highest BCUT2D eigenvalue weighted by atomic mass is 16.5. The van der Waals surface area contributed by atoms with Gasteiger partial charge in [0.15, 0.2) is 5.96 Å². The van der Waals surface area contributed by atoms with Crippen molar-refractivity contribution in [2.75, 3.05) is 39.8 Å². The van der Waals surface area contributed by atoms with Crippen LogP contribution in [0.3, 0.4) is 0 Å². The fourth-order valence-electron chi connectivity index (χ4n) is 3.07. The zero-order valence-electron chi connectivity index (χ0n) is 15.1. The topological polar surface area (TPSA) is 56.9 Å². The predicted molar refractivity (Wildman–Crippen MR) is 99.6 cm³/mol. The molecule has 0 spiro atoms. The van der Waals surface area contributed by atoms with Crippen molar-refractivity contribution in [1.29, 1.82) is 0 Å². The Labute approximate surface area is 149 Å². The first-order chi connectivity index (χ1) is 12.2. The Morgan fingerprint density at radius 3 is 2.56 bits per heavy atom. The number of nitrogens with one attached hydrogen (secondary N) is 1. The Morgan fingerprint density at radius 2 is 1.92 bits per heavy atom. The number of hydrogen-bond donors (Lipinski definition) is 1. The number of benzene rings is 1. The minimum atomic E-state index is 0.851. The molecule has 3 rings (SSSR count). The quantitative estimate of drug-likeness (QED) is 0.665. The fraction of sp³-hybridized carbons (Fsp3) is 0.474. The Bertz CT molecular complexity index is 658. The number of rotatable bonds is 5. The van der Waals surface area contributed by atoms with E-state index in [-0.39, 0.29) is 0 Å². The first kappa shape index (κ1) is 17.5. The van der Waals surface area contributed by atoms with Gasteiger partial charge in [0.25, 0.3) is 0 Å².